The van der Waals surface area contributed by atoms with Gasteiger partial charge in [0, 0.05) is 80.6 Å². The van der Waals surface area contributed by atoms with Gasteiger partial charge < -0.3 is 25.0 Å². The Morgan fingerprint density at radius 2 is 1.95 bits per heavy atom. The maximum absolute atomic E-state index is 15.0. The number of halogens is 1. The van der Waals surface area contributed by atoms with Gasteiger partial charge in [0.25, 0.3) is 0 Å². The van der Waals surface area contributed by atoms with Crippen molar-refractivity contribution in [1.82, 2.24) is 14.5 Å². The van der Waals surface area contributed by atoms with Gasteiger partial charge in [-0.3, -0.25) is 4.79 Å². The van der Waals surface area contributed by atoms with Crippen LogP contribution in [0, 0.1) is 12.7 Å². The van der Waals surface area contributed by atoms with Gasteiger partial charge >= 0.3 is 0 Å². The second kappa shape index (κ2) is 12.8. The van der Waals surface area contributed by atoms with Gasteiger partial charge in [-0.1, -0.05) is 36.4 Å². The van der Waals surface area contributed by atoms with Gasteiger partial charge in [-0.05, 0) is 61.4 Å². The number of pyridine rings is 1. The molecule has 2 aromatic carbocycles. The molecule has 1 amide bonds. The molecule has 0 unspecified atom stereocenters. The van der Waals surface area contributed by atoms with Gasteiger partial charge in [0.2, 0.25) is 11.8 Å². The van der Waals surface area contributed by atoms with Gasteiger partial charge in [-0.15, -0.1) is 0 Å². The molecule has 0 saturated carbocycles. The van der Waals surface area contributed by atoms with E-state index >= 15 is 4.39 Å². The summed E-state index contributed by atoms with van der Waals surface area (Å²) >= 11 is 0. The van der Waals surface area contributed by atoms with Crippen LogP contribution in [0.15, 0.2) is 60.8 Å². The van der Waals surface area contributed by atoms with Crippen molar-refractivity contribution in [2.45, 2.75) is 57.5 Å². The van der Waals surface area contributed by atoms with Crippen LogP contribution in [0.1, 0.15) is 48.4 Å². The normalized spacial score (nSPS) is 16.3. The first kappa shape index (κ1) is 28.8. The van der Waals surface area contributed by atoms with Gasteiger partial charge in [-0.25, -0.2) is 9.37 Å². The SMILES string of the molecule is COCCCn1c([C@H]2CCCN(C(=O)C[C@H](N)Cc3ccc(-c4ccc(O)nc4)cc3)C2)c(C)c2cccc(F)c21. The monoisotopic (exact) mass is 558 g/mol. The topological polar surface area (TPSA) is 93.6 Å². The van der Waals surface area contributed by atoms with E-state index in [9.17, 15) is 9.90 Å². The van der Waals surface area contributed by atoms with Crippen molar-refractivity contribution in [2.75, 3.05) is 26.8 Å². The van der Waals surface area contributed by atoms with E-state index in [-0.39, 0.29) is 36.0 Å². The molecule has 1 saturated heterocycles. The third-order valence-electron chi connectivity index (χ3n) is 8.20. The Morgan fingerprint density at radius 3 is 2.68 bits per heavy atom. The van der Waals surface area contributed by atoms with E-state index in [1.165, 1.54) is 6.07 Å². The Kier molecular flexibility index (Phi) is 9.00. The molecule has 2 atom stereocenters. The fraction of sp³-hybridized carbons (Fsp3) is 0.394. The minimum Gasteiger partial charge on any atom is -0.493 e. The molecule has 3 heterocycles. The highest BCUT2D eigenvalue weighted by molar-refractivity contribution is 5.86. The lowest BCUT2D eigenvalue weighted by atomic mass is 9.91. The van der Waals surface area contributed by atoms with Crippen molar-refractivity contribution in [2.24, 2.45) is 5.73 Å². The number of para-hydroxylation sites is 1. The number of hydrogen-bond acceptors (Lipinski definition) is 5. The van der Waals surface area contributed by atoms with Gasteiger partial charge in [0.1, 0.15) is 5.82 Å². The molecule has 0 radical (unpaired) electrons. The van der Waals surface area contributed by atoms with Gasteiger partial charge in [0.15, 0.2) is 0 Å². The number of aromatic nitrogens is 2. The highest BCUT2D eigenvalue weighted by Gasteiger charge is 2.30. The fourth-order valence-corrected chi connectivity index (χ4v) is 6.22. The molecule has 0 bridgehead atoms. The molecule has 8 heteroatoms. The number of methoxy groups -OCH3 is 1. The molecule has 0 aliphatic carbocycles. The standard InChI is InChI=1S/C33H39FN4O3/c1-22-28-7-3-8-29(34)33(28)38(16-5-17-41-2)32(22)26-6-4-15-37(21-26)31(40)19-27(35)18-23-9-11-24(12-10-23)25-13-14-30(39)36-20-25/h3,7-14,20,26-27H,4-6,15-19,21,35H2,1-2H3,(H,36,39)/t26-,27+/m0/s1. The lowest BCUT2D eigenvalue weighted by molar-refractivity contribution is -0.132. The largest absolute Gasteiger partial charge is 0.493 e. The van der Waals surface area contributed by atoms with E-state index in [2.05, 4.69) is 16.5 Å². The quantitative estimate of drug-likeness (QED) is 0.249. The lowest BCUT2D eigenvalue weighted by Crippen LogP contribution is -2.42. The number of aryl methyl sites for hydroxylation is 2. The van der Waals surface area contributed by atoms with Crippen LogP contribution in [0.25, 0.3) is 22.0 Å². The summed E-state index contributed by atoms with van der Waals surface area (Å²) in [6.45, 7) is 4.69. The van der Waals surface area contributed by atoms with Crippen LogP contribution in [0.4, 0.5) is 4.39 Å². The molecule has 2 aromatic heterocycles. The first-order valence-electron chi connectivity index (χ1n) is 14.4. The average Bonchev–Trinajstić information content (AvgIpc) is 3.26. The number of carbonyl (C=O) groups excluding carboxylic acids is 1. The summed E-state index contributed by atoms with van der Waals surface area (Å²) in [5, 5.41) is 10.4. The molecule has 4 aromatic rings. The van der Waals surface area contributed by atoms with Crippen LogP contribution in [0.2, 0.25) is 0 Å². The summed E-state index contributed by atoms with van der Waals surface area (Å²) in [6.07, 6.45) is 5.17. The minimum absolute atomic E-state index is 0.00506. The second-order valence-corrected chi connectivity index (χ2v) is 11.1. The Balaban J connectivity index is 1.25. The molecule has 1 aliphatic rings. The number of carbonyl (C=O) groups is 1. The fourth-order valence-electron chi connectivity index (χ4n) is 6.22. The second-order valence-electron chi connectivity index (χ2n) is 11.1. The van der Waals surface area contributed by atoms with Crippen molar-refractivity contribution in [1.29, 1.82) is 0 Å². The minimum atomic E-state index is -0.291. The highest BCUT2D eigenvalue weighted by atomic mass is 19.1. The Hall–Kier alpha value is -3.75. The van der Waals surface area contributed by atoms with Crippen LogP contribution < -0.4 is 5.73 Å². The maximum atomic E-state index is 15.0. The molecule has 3 N–H and O–H groups in total. The van der Waals surface area contributed by atoms with E-state index in [1.54, 1.807) is 25.4 Å². The number of aromatic hydroxyl groups is 1. The predicted octanol–water partition coefficient (Wildman–Crippen LogP) is 5.56. The average molecular weight is 559 g/mol. The first-order chi connectivity index (χ1) is 19.9. The molecule has 216 valence electrons. The van der Waals surface area contributed by atoms with Crippen LogP contribution in [0.5, 0.6) is 5.88 Å². The summed E-state index contributed by atoms with van der Waals surface area (Å²) in [7, 11) is 1.68. The van der Waals surface area contributed by atoms with E-state index in [0.717, 1.165) is 52.6 Å². The highest BCUT2D eigenvalue weighted by Crippen LogP contribution is 2.37. The number of fused-ring (bicyclic) bond motifs is 1. The summed E-state index contributed by atoms with van der Waals surface area (Å²) in [4.78, 5) is 19.3. The zero-order valence-electron chi connectivity index (χ0n) is 23.9. The lowest BCUT2D eigenvalue weighted by Gasteiger charge is -2.34. The van der Waals surface area contributed by atoms with E-state index < -0.39 is 0 Å². The number of nitrogens with two attached hydrogens (primary N) is 1. The number of piperidine rings is 1. The number of amides is 1. The summed E-state index contributed by atoms with van der Waals surface area (Å²) in [6, 6.07) is 16.4. The summed E-state index contributed by atoms with van der Waals surface area (Å²) in [5.74, 6) is -0.00801. The number of nitrogens with zero attached hydrogens (tertiary/aromatic N) is 3. The van der Waals surface area contributed by atoms with E-state index in [0.29, 0.717) is 38.2 Å². The molecule has 1 fully saturated rings. The first-order valence-corrected chi connectivity index (χ1v) is 14.4. The van der Waals surface area contributed by atoms with E-state index in [4.69, 9.17) is 10.5 Å². The molecule has 5 rings (SSSR count). The van der Waals surface area contributed by atoms with Crippen LogP contribution in [-0.4, -0.2) is 58.3 Å². The third kappa shape index (κ3) is 6.44. The smallest absolute Gasteiger partial charge is 0.224 e. The third-order valence-corrected chi connectivity index (χ3v) is 8.20. The zero-order valence-corrected chi connectivity index (χ0v) is 23.9. The van der Waals surface area contributed by atoms with Crippen molar-refractivity contribution >= 4 is 16.8 Å². The van der Waals surface area contributed by atoms with Crippen LogP contribution in [-0.2, 0) is 22.5 Å². The van der Waals surface area contributed by atoms with Crippen molar-refractivity contribution in [3.8, 4) is 17.0 Å². The number of rotatable bonds is 10. The number of hydrogen-bond donors (Lipinski definition) is 2. The van der Waals surface area contributed by atoms with Crippen molar-refractivity contribution in [3.63, 3.8) is 0 Å². The summed E-state index contributed by atoms with van der Waals surface area (Å²) < 4.78 is 22.4. The number of likely N-dealkylation sites (tertiary alicyclic amines) is 1. The number of benzene rings is 2. The molecular weight excluding hydrogens is 519 g/mol. The number of ether oxygens (including phenoxy) is 1. The van der Waals surface area contributed by atoms with Gasteiger partial charge in [-0.2, -0.15) is 0 Å². The Morgan fingerprint density at radius 1 is 1.17 bits per heavy atom. The van der Waals surface area contributed by atoms with Crippen molar-refractivity contribution in [3.05, 3.63) is 83.4 Å². The van der Waals surface area contributed by atoms with Crippen molar-refractivity contribution < 1.29 is 19.0 Å². The summed E-state index contributed by atoms with van der Waals surface area (Å²) in [5.41, 5.74) is 12.3. The zero-order chi connectivity index (χ0) is 28.9. The van der Waals surface area contributed by atoms with Crippen LogP contribution >= 0.6 is 0 Å². The van der Waals surface area contributed by atoms with Gasteiger partial charge in [0.05, 0.1) is 5.52 Å². The Labute approximate surface area is 240 Å². The maximum Gasteiger partial charge on any atom is 0.224 e. The Bertz CT molecular complexity index is 1480. The van der Waals surface area contributed by atoms with E-state index in [1.807, 2.05) is 41.3 Å². The molecule has 1 aliphatic heterocycles. The molecule has 7 nitrogen and oxygen atoms in total. The molecule has 0 spiro atoms. The molecule has 41 heavy (non-hydrogen) atoms. The van der Waals surface area contributed by atoms with Crippen LogP contribution in [0.3, 0.4) is 0 Å². The predicted molar refractivity (Wildman–Crippen MR) is 159 cm³/mol. The molecular formula is C33H39FN4O3.